The van der Waals surface area contributed by atoms with Crippen LogP contribution in [0.3, 0.4) is 0 Å². The highest BCUT2D eigenvalue weighted by Crippen LogP contribution is 2.29. The lowest BCUT2D eigenvalue weighted by Gasteiger charge is -2.14. The normalized spacial score (nSPS) is 11.6. The second-order valence-electron chi connectivity index (χ2n) is 9.57. The van der Waals surface area contributed by atoms with Crippen molar-refractivity contribution in [1.82, 2.24) is 24.5 Å². The van der Waals surface area contributed by atoms with Crippen LogP contribution in [0.25, 0.3) is 27.7 Å². The molecule has 2 N–H and O–H groups in total. The fraction of sp³-hybridized carbons (Fsp3) is 0.185. The highest BCUT2D eigenvalue weighted by Gasteiger charge is 2.22. The number of carbonyl (C=O) groups is 1. The van der Waals surface area contributed by atoms with Crippen molar-refractivity contribution < 1.29 is 9.18 Å². The van der Waals surface area contributed by atoms with Gasteiger partial charge in [-0.3, -0.25) is 15.0 Å². The summed E-state index contributed by atoms with van der Waals surface area (Å²) in [6.07, 6.45) is 5.40. The zero-order chi connectivity index (χ0) is 25.4. The van der Waals surface area contributed by atoms with Gasteiger partial charge in [-0.15, -0.1) is 0 Å². The first kappa shape index (κ1) is 23.2. The van der Waals surface area contributed by atoms with Crippen molar-refractivity contribution in [2.24, 2.45) is 7.05 Å². The molecule has 8 nitrogen and oxygen atoms in total. The number of halogens is 1. The van der Waals surface area contributed by atoms with E-state index >= 15 is 0 Å². The van der Waals surface area contributed by atoms with Crippen molar-refractivity contribution in [3.8, 4) is 16.8 Å². The van der Waals surface area contributed by atoms with Gasteiger partial charge in [-0.1, -0.05) is 45.0 Å². The van der Waals surface area contributed by atoms with Crippen LogP contribution in [0.5, 0.6) is 0 Å². The summed E-state index contributed by atoms with van der Waals surface area (Å²) in [6.45, 7) is 6.02. The third kappa shape index (κ3) is 4.43. The number of hydrogen-bond acceptors (Lipinski definition) is 4. The Labute approximate surface area is 207 Å². The van der Waals surface area contributed by atoms with Gasteiger partial charge in [0.1, 0.15) is 17.3 Å². The number of aromatic nitrogens is 5. The zero-order valence-electron chi connectivity index (χ0n) is 20.5. The Kier molecular flexibility index (Phi) is 5.75. The predicted molar refractivity (Wildman–Crippen MR) is 139 cm³/mol. The second kappa shape index (κ2) is 8.92. The standard InChI is InChI=1S/C27H26FN7O/c1-27(2,3)24-13-25(35(33-24)22-8-6-5-7-21(22)28)32-26(36)31-18-11-9-17(10-12-18)19-14-29-16-23-20(19)15-30-34(23)4/h5-16H,1-4H3,(H2,31,32,36). The molecule has 2 amide bonds. The summed E-state index contributed by atoms with van der Waals surface area (Å²) >= 11 is 0. The monoisotopic (exact) mass is 483 g/mol. The lowest BCUT2D eigenvalue weighted by molar-refractivity contribution is 0.262. The van der Waals surface area contributed by atoms with Gasteiger partial charge in [0.25, 0.3) is 0 Å². The van der Waals surface area contributed by atoms with Gasteiger partial charge >= 0.3 is 6.03 Å². The van der Waals surface area contributed by atoms with E-state index in [-0.39, 0.29) is 11.1 Å². The molecule has 0 spiro atoms. The molecule has 0 aliphatic heterocycles. The number of urea groups is 1. The average Bonchev–Trinajstić information content (AvgIpc) is 3.44. The van der Waals surface area contributed by atoms with Crippen molar-refractivity contribution in [2.45, 2.75) is 26.2 Å². The molecule has 0 fully saturated rings. The zero-order valence-corrected chi connectivity index (χ0v) is 20.5. The molecular weight excluding hydrogens is 457 g/mol. The number of benzene rings is 2. The first-order chi connectivity index (χ1) is 17.2. The van der Waals surface area contributed by atoms with Crippen LogP contribution in [0.15, 0.2) is 73.2 Å². The minimum Gasteiger partial charge on any atom is -0.308 e. The molecule has 0 saturated heterocycles. The molecule has 9 heteroatoms. The number of aryl methyl sites for hydroxylation is 1. The summed E-state index contributed by atoms with van der Waals surface area (Å²) < 4.78 is 17.7. The first-order valence-corrected chi connectivity index (χ1v) is 11.5. The minimum atomic E-state index is -0.461. The number of pyridine rings is 1. The van der Waals surface area contributed by atoms with Crippen LogP contribution in [-0.4, -0.2) is 30.6 Å². The molecule has 0 radical (unpaired) electrons. The number of amides is 2. The molecule has 3 heterocycles. The van der Waals surface area contributed by atoms with E-state index in [4.69, 9.17) is 0 Å². The van der Waals surface area contributed by atoms with Crippen LogP contribution in [0.2, 0.25) is 0 Å². The molecule has 0 bridgehead atoms. The fourth-order valence-electron chi connectivity index (χ4n) is 3.95. The van der Waals surface area contributed by atoms with Gasteiger partial charge in [0.2, 0.25) is 0 Å². The van der Waals surface area contributed by atoms with E-state index < -0.39 is 11.8 Å². The van der Waals surface area contributed by atoms with E-state index in [1.54, 1.807) is 41.3 Å². The van der Waals surface area contributed by atoms with Crippen LogP contribution >= 0.6 is 0 Å². The molecule has 3 aromatic heterocycles. The maximum atomic E-state index is 14.5. The summed E-state index contributed by atoms with van der Waals surface area (Å²) in [4.78, 5) is 17.2. The van der Waals surface area contributed by atoms with Crippen LogP contribution in [-0.2, 0) is 12.5 Å². The van der Waals surface area contributed by atoms with Gasteiger partial charge in [-0.25, -0.2) is 13.9 Å². The van der Waals surface area contributed by atoms with Crippen molar-refractivity contribution in [3.05, 3.63) is 84.7 Å². The Balaban J connectivity index is 1.37. The van der Waals surface area contributed by atoms with Crippen molar-refractivity contribution in [3.63, 3.8) is 0 Å². The fourth-order valence-corrected chi connectivity index (χ4v) is 3.95. The molecule has 2 aromatic carbocycles. The van der Waals surface area contributed by atoms with E-state index in [9.17, 15) is 9.18 Å². The molecule has 0 atom stereocenters. The Morgan fingerprint density at radius 1 is 0.972 bits per heavy atom. The summed E-state index contributed by atoms with van der Waals surface area (Å²) in [5.74, 6) is -0.0632. The molecule has 0 saturated carbocycles. The van der Waals surface area contributed by atoms with E-state index in [2.05, 4.69) is 25.8 Å². The SMILES string of the molecule is Cn1ncc2c(-c3ccc(NC(=O)Nc4cc(C(C)(C)C)nn4-c4ccccc4F)cc3)cncc21. The van der Waals surface area contributed by atoms with E-state index in [1.807, 2.05) is 58.3 Å². The quantitative estimate of drug-likeness (QED) is 0.333. The van der Waals surface area contributed by atoms with E-state index in [0.29, 0.717) is 11.5 Å². The predicted octanol–water partition coefficient (Wildman–Crippen LogP) is 5.90. The maximum absolute atomic E-state index is 14.5. The molecule has 0 unspecified atom stereocenters. The third-order valence-corrected chi connectivity index (χ3v) is 5.93. The highest BCUT2D eigenvalue weighted by atomic mass is 19.1. The van der Waals surface area contributed by atoms with Crippen molar-refractivity contribution in [1.29, 1.82) is 0 Å². The van der Waals surface area contributed by atoms with Crippen LogP contribution in [0.4, 0.5) is 20.7 Å². The van der Waals surface area contributed by atoms with Crippen molar-refractivity contribution in [2.75, 3.05) is 10.6 Å². The topological polar surface area (TPSA) is 89.7 Å². The average molecular weight is 484 g/mol. The summed E-state index contributed by atoms with van der Waals surface area (Å²) in [5, 5.41) is 15.5. The Morgan fingerprint density at radius 2 is 1.72 bits per heavy atom. The van der Waals surface area contributed by atoms with Gasteiger partial charge < -0.3 is 5.32 Å². The molecule has 0 aliphatic carbocycles. The van der Waals surface area contributed by atoms with E-state index in [1.165, 1.54) is 10.7 Å². The molecule has 36 heavy (non-hydrogen) atoms. The lowest BCUT2D eigenvalue weighted by Crippen LogP contribution is -2.21. The Morgan fingerprint density at radius 3 is 2.44 bits per heavy atom. The number of carbonyl (C=O) groups excluding carboxylic acids is 1. The van der Waals surface area contributed by atoms with Crippen LogP contribution in [0, 0.1) is 5.82 Å². The van der Waals surface area contributed by atoms with Gasteiger partial charge in [-0.05, 0) is 29.8 Å². The van der Waals surface area contributed by atoms with E-state index in [0.717, 1.165) is 27.7 Å². The van der Waals surface area contributed by atoms with Gasteiger partial charge in [0.05, 0.1) is 23.6 Å². The smallest absolute Gasteiger partial charge is 0.308 e. The third-order valence-electron chi connectivity index (χ3n) is 5.93. The number of hydrogen-bond donors (Lipinski definition) is 2. The van der Waals surface area contributed by atoms with Gasteiger partial charge in [0, 0.05) is 41.4 Å². The minimum absolute atomic E-state index is 0.255. The summed E-state index contributed by atoms with van der Waals surface area (Å²) in [6, 6.07) is 15.1. The number of rotatable bonds is 4. The summed E-state index contributed by atoms with van der Waals surface area (Å²) in [5.41, 5.74) is 4.16. The number of para-hydroxylation sites is 1. The van der Waals surface area contributed by atoms with Crippen molar-refractivity contribution >= 4 is 28.4 Å². The molecule has 5 rings (SSSR count). The largest absolute Gasteiger partial charge is 0.324 e. The highest BCUT2D eigenvalue weighted by molar-refractivity contribution is 6.00. The Bertz CT molecular complexity index is 1560. The second-order valence-corrected chi connectivity index (χ2v) is 9.57. The van der Waals surface area contributed by atoms with Crippen LogP contribution < -0.4 is 10.6 Å². The van der Waals surface area contributed by atoms with Gasteiger partial charge in [0.15, 0.2) is 0 Å². The number of fused-ring (bicyclic) bond motifs is 1. The van der Waals surface area contributed by atoms with Gasteiger partial charge in [-0.2, -0.15) is 10.2 Å². The maximum Gasteiger partial charge on any atom is 0.324 e. The lowest BCUT2D eigenvalue weighted by atomic mass is 9.92. The first-order valence-electron chi connectivity index (χ1n) is 11.5. The molecular formula is C27H26FN7O. The number of nitrogens with zero attached hydrogens (tertiary/aromatic N) is 5. The number of anilines is 2. The molecule has 5 aromatic rings. The Hall–Kier alpha value is -4.53. The van der Waals surface area contributed by atoms with Crippen LogP contribution in [0.1, 0.15) is 26.5 Å². The number of nitrogens with one attached hydrogen (secondary N) is 2. The summed E-state index contributed by atoms with van der Waals surface area (Å²) in [7, 11) is 1.88. The molecule has 182 valence electrons. The molecule has 0 aliphatic rings.